The van der Waals surface area contributed by atoms with Gasteiger partial charge in [-0.25, -0.2) is 4.79 Å². The summed E-state index contributed by atoms with van der Waals surface area (Å²) in [5.74, 6) is 0. The Kier molecular flexibility index (Phi) is 4.33. The number of nitrogen functional groups attached to an aromatic ring is 1. The van der Waals surface area contributed by atoms with Gasteiger partial charge in [0.25, 0.3) is 0 Å². The summed E-state index contributed by atoms with van der Waals surface area (Å²) in [6.45, 7) is 0. The Bertz CT molecular complexity index is 1040. The number of aromatic amines is 1. The van der Waals surface area contributed by atoms with Gasteiger partial charge in [-0.2, -0.15) is 18.2 Å². The molecule has 0 aliphatic heterocycles. The van der Waals surface area contributed by atoms with Gasteiger partial charge in [-0.3, -0.25) is 0 Å². The molecule has 2 aromatic carbocycles. The molecule has 5 nitrogen and oxygen atoms in total. The van der Waals surface area contributed by atoms with Crippen LogP contribution >= 0.6 is 0 Å². The first-order valence-electron chi connectivity index (χ1n) is 7.47. The van der Waals surface area contributed by atoms with Crippen molar-refractivity contribution in [1.29, 1.82) is 5.41 Å². The number of hydrogen-bond donors (Lipinski definition) is 3. The molecule has 0 spiro atoms. The van der Waals surface area contributed by atoms with Crippen LogP contribution in [0.2, 0.25) is 0 Å². The van der Waals surface area contributed by atoms with Crippen LogP contribution in [0.3, 0.4) is 0 Å². The van der Waals surface area contributed by atoms with E-state index in [9.17, 15) is 18.0 Å². The lowest BCUT2D eigenvalue weighted by molar-refractivity contribution is -0.137. The summed E-state index contributed by atoms with van der Waals surface area (Å²) in [5, 5.41) is 7.35. The van der Waals surface area contributed by atoms with Crippen molar-refractivity contribution in [2.75, 3.05) is 5.73 Å². The number of hydrogen-bond acceptors (Lipinski definition) is 4. The van der Waals surface area contributed by atoms with Crippen LogP contribution in [-0.2, 0) is 6.18 Å². The molecule has 1 aromatic heterocycles. The highest BCUT2D eigenvalue weighted by Crippen LogP contribution is 2.32. The van der Waals surface area contributed by atoms with E-state index in [2.05, 4.69) is 9.97 Å². The maximum absolute atomic E-state index is 12.9. The Morgan fingerprint density at radius 2 is 1.85 bits per heavy atom. The Morgan fingerprint density at radius 3 is 2.54 bits per heavy atom. The molecule has 0 saturated carbocycles. The average Bonchev–Trinajstić information content (AvgIpc) is 2.61. The zero-order chi connectivity index (χ0) is 18.9. The quantitative estimate of drug-likeness (QED) is 0.492. The van der Waals surface area contributed by atoms with E-state index in [1.807, 2.05) is 0 Å². The number of nitrogens with zero attached hydrogens (tertiary/aromatic N) is 1. The fraction of sp³-hybridized carbons (Fsp3) is 0.0556. The molecule has 0 unspecified atom stereocenters. The summed E-state index contributed by atoms with van der Waals surface area (Å²) in [4.78, 5) is 18.2. The fourth-order valence-electron chi connectivity index (χ4n) is 2.48. The van der Waals surface area contributed by atoms with Gasteiger partial charge in [0.1, 0.15) is 0 Å². The molecule has 0 amide bonds. The summed E-state index contributed by atoms with van der Waals surface area (Å²) in [5.41, 5.74) is 6.30. The van der Waals surface area contributed by atoms with Crippen molar-refractivity contribution in [2.45, 2.75) is 6.18 Å². The molecular weight excluding hydrogens is 345 g/mol. The number of benzene rings is 2. The molecule has 0 bridgehead atoms. The minimum Gasteiger partial charge on any atom is -0.398 e. The molecule has 4 N–H and O–H groups in total. The first-order valence-corrected chi connectivity index (χ1v) is 7.47. The van der Waals surface area contributed by atoms with E-state index in [1.54, 1.807) is 18.2 Å². The number of rotatable bonds is 3. The second-order valence-electron chi connectivity index (χ2n) is 5.55. The Labute approximate surface area is 145 Å². The van der Waals surface area contributed by atoms with Gasteiger partial charge in [0.15, 0.2) is 0 Å². The normalized spacial score (nSPS) is 11.3. The Hall–Kier alpha value is -3.42. The SMILES string of the molecule is N=Cc1cc(-c2cc(-c3cccc(C(F)(F)F)c3)nc(=O)[nH]2)ccc1N. The van der Waals surface area contributed by atoms with Gasteiger partial charge in [0, 0.05) is 23.0 Å². The van der Waals surface area contributed by atoms with Crippen LogP contribution in [-0.4, -0.2) is 16.2 Å². The van der Waals surface area contributed by atoms with Gasteiger partial charge in [0.05, 0.1) is 17.0 Å². The number of H-pyrrole nitrogens is 1. The molecule has 8 heteroatoms. The third-order valence-electron chi connectivity index (χ3n) is 3.78. The number of nitrogens with one attached hydrogen (secondary N) is 2. The van der Waals surface area contributed by atoms with Crippen molar-refractivity contribution < 1.29 is 13.2 Å². The zero-order valence-electron chi connectivity index (χ0n) is 13.3. The maximum atomic E-state index is 12.9. The van der Waals surface area contributed by atoms with Crippen LogP contribution in [0.1, 0.15) is 11.1 Å². The molecule has 0 aliphatic carbocycles. The fourth-order valence-corrected chi connectivity index (χ4v) is 2.48. The standard InChI is InChI=1S/C18H13F3N4O/c19-18(20,21)13-3-1-2-10(7-13)15-8-16(25-17(26)24-15)11-4-5-14(23)12(6-11)9-22/h1-9,22H,23H2,(H,24,25,26). The van der Waals surface area contributed by atoms with Crippen molar-refractivity contribution in [3.8, 4) is 22.5 Å². The Morgan fingerprint density at radius 1 is 1.08 bits per heavy atom. The summed E-state index contributed by atoms with van der Waals surface area (Å²) in [7, 11) is 0. The van der Waals surface area contributed by atoms with Gasteiger partial charge in [0.2, 0.25) is 0 Å². The number of anilines is 1. The van der Waals surface area contributed by atoms with Crippen molar-refractivity contribution in [2.24, 2.45) is 0 Å². The lowest BCUT2D eigenvalue weighted by Crippen LogP contribution is -2.12. The molecular formula is C18H13F3N4O. The number of nitrogens with two attached hydrogens (primary N) is 1. The van der Waals surface area contributed by atoms with Gasteiger partial charge in [-0.1, -0.05) is 18.2 Å². The van der Waals surface area contributed by atoms with Crippen LogP contribution in [0.4, 0.5) is 18.9 Å². The first-order chi connectivity index (χ1) is 12.3. The first kappa shape index (κ1) is 17.4. The van der Waals surface area contributed by atoms with E-state index in [4.69, 9.17) is 11.1 Å². The minimum absolute atomic E-state index is 0.114. The van der Waals surface area contributed by atoms with E-state index >= 15 is 0 Å². The smallest absolute Gasteiger partial charge is 0.398 e. The lowest BCUT2D eigenvalue weighted by atomic mass is 10.0. The highest BCUT2D eigenvalue weighted by atomic mass is 19.4. The largest absolute Gasteiger partial charge is 0.416 e. The molecule has 1 heterocycles. The van der Waals surface area contributed by atoms with E-state index in [-0.39, 0.29) is 11.3 Å². The monoisotopic (exact) mass is 358 g/mol. The minimum atomic E-state index is -4.49. The van der Waals surface area contributed by atoms with Crippen LogP contribution in [0.25, 0.3) is 22.5 Å². The molecule has 3 aromatic rings. The van der Waals surface area contributed by atoms with Crippen LogP contribution in [0.15, 0.2) is 53.3 Å². The van der Waals surface area contributed by atoms with Gasteiger partial charge in [-0.15, -0.1) is 0 Å². The van der Waals surface area contributed by atoms with E-state index in [0.717, 1.165) is 18.3 Å². The second kappa shape index (κ2) is 6.47. The van der Waals surface area contributed by atoms with Crippen LogP contribution < -0.4 is 11.4 Å². The topological polar surface area (TPSA) is 95.6 Å². The average molecular weight is 358 g/mol. The van der Waals surface area contributed by atoms with Crippen LogP contribution in [0, 0.1) is 5.41 Å². The summed E-state index contributed by atoms with van der Waals surface area (Å²) >= 11 is 0. The number of alkyl halides is 3. The van der Waals surface area contributed by atoms with Crippen molar-refractivity contribution in [3.63, 3.8) is 0 Å². The van der Waals surface area contributed by atoms with Crippen molar-refractivity contribution in [1.82, 2.24) is 9.97 Å². The summed E-state index contributed by atoms with van der Waals surface area (Å²) < 4.78 is 38.7. The summed E-state index contributed by atoms with van der Waals surface area (Å²) in [6.07, 6.45) is -3.41. The molecule has 0 saturated heterocycles. The van der Waals surface area contributed by atoms with E-state index < -0.39 is 17.4 Å². The maximum Gasteiger partial charge on any atom is 0.416 e. The van der Waals surface area contributed by atoms with Gasteiger partial charge in [-0.05, 0) is 35.9 Å². The molecule has 0 atom stereocenters. The van der Waals surface area contributed by atoms with E-state index in [0.29, 0.717) is 22.5 Å². The second-order valence-corrected chi connectivity index (χ2v) is 5.55. The van der Waals surface area contributed by atoms with E-state index in [1.165, 1.54) is 18.2 Å². The third-order valence-corrected chi connectivity index (χ3v) is 3.78. The highest BCUT2D eigenvalue weighted by molar-refractivity contribution is 5.87. The summed E-state index contributed by atoms with van der Waals surface area (Å²) in [6, 6.07) is 10.9. The highest BCUT2D eigenvalue weighted by Gasteiger charge is 2.30. The van der Waals surface area contributed by atoms with Crippen LogP contribution in [0.5, 0.6) is 0 Å². The predicted octanol–water partition coefficient (Wildman–Crippen LogP) is 3.70. The predicted molar refractivity (Wildman–Crippen MR) is 93.0 cm³/mol. The van der Waals surface area contributed by atoms with Gasteiger partial charge < -0.3 is 16.1 Å². The molecule has 132 valence electrons. The molecule has 0 fully saturated rings. The molecule has 26 heavy (non-hydrogen) atoms. The number of halogens is 3. The van der Waals surface area contributed by atoms with Crippen molar-refractivity contribution >= 4 is 11.9 Å². The third kappa shape index (κ3) is 3.49. The van der Waals surface area contributed by atoms with Gasteiger partial charge >= 0.3 is 11.9 Å². The Balaban J connectivity index is 2.12. The van der Waals surface area contributed by atoms with Crippen molar-refractivity contribution in [3.05, 3.63) is 70.1 Å². The molecule has 0 aliphatic rings. The lowest BCUT2D eigenvalue weighted by Gasteiger charge is -2.10. The number of aromatic nitrogens is 2. The molecule has 3 rings (SSSR count). The zero-order valence-corrected chi connectivity index (χ0v) is 13.3. The molecule has 0 radical (unpaired) electrons.